The van der Waals surface area contributed by atoms with Gasteiger partial charge in [-0.25, -0.2) is 18.8 Å². The van der Waals surface area contributed by atoms with Crippen molar-refractivity contribution in [3.63, 3.8) is 0 Å². The summed E-state index contributed by atoms with van der Waals surface area (Å²) in [6.07, 6.45) is 3.20. The van der Waals surface area contributed by atoms with Crippen LogP contribution in [-0.4, -0.2) is 17.9 Å². The summed E-state index contributed by atoms with van der Waals surface area (Å²) in [5.41, 5.74) is 2.90. The van der Waals surface area contributed by atoms with Gasteiger partial charge in [-0.2, -0.15) is 0 Å². The highest BCUT2D eigenvalue weighted by molar-refractivity contribution is 5.91. The summed E-state index contributed by atoms with van der Waals surface area (Å²) >= 11 is 0. The number of rotatable bonds is 9. The van der Waals surface area contributed by atoms with E-state index in [1.54, 1.807) is 61.5 Å². The molecular weight excluding hydrogens is 499 g/mol. The van der Waals surface area contributed by atoms with Gasteiger partial charge >= 0.3 is 17.9 Å². The van der Waals surface area contributed by atoms with Gasteiger partial charge in [-0.3, -0.25) is 0 Å². The number of halogens is 1. The third-order valence-electron chi connectivity index (χ3n) is 5.27. The SMILES string of the molecule is C=C(C)C(=O)Oc1ccc(-c2ccc(/C=C/c3ccc(OC(=O)C(=C)C)cc3F)cc2OC(=O)C(=C)C)cc1. The molecule has 0 heterocycles. The van der Waals surface area contributed by atoms with E-state index in [0.717, 1.165) is 6.07 Å². The van der Waals surface area contributed by atoms with Crippen LogP contribution in [0.2, 0.25) is 0 Å². The van der Waals surface area contributed by atoms with Crippen LogP contribution in [0.3, 0.4) is 0 Å². The first-order chi connectivity index (χ1) is 18.4. The van der Waals surface area contributed by atoms with E-state index in [1.807, 2.05) is 0 Å². The highest BCUT2D eigenvalue weighted by Gasteiger charge is 2.14. The van der Waals surface area contributed by atoms with Crippen LogP contribution in [0.25, 0.3) is 23.3 Å². The van der Waals surface area contributed by atoms with Crippen molar-refractivity contribution in [1.82, 2.24) is 0 Å². The van der Waals surface area contributed by atoms with Crippen LogP contribution in [0.4, 0.5) is 4.39 Å². The maximum absolute atomic E-state index is 14.6. The van der Waals surface area contributed by atoms with Crippen molar-refractivity contribution in [1.29, 1.82) is 0 Å². The van der Waals surface area contributed by atoms with Gasteiger partial charge in [0, 0.05) is 33.9 Å². The fourth-order valence-corrected chi connectivity index (χ4v) is 3.14. The van der Waals surface area contributed by atoms with Crippen molar-refractivity contribution in [2.75, 3.05) is 0 Å². The van der Waals surface area contributed by atoms with Gasteiger partial charge in [0.05, 0.1) is 0 Å². The minimum Gasteiger partial charge on any atom is -0.423 e. The molecule has 0 atom stereocenters. The maximum Gasteiger partial charge on any atom is 0.338 e. The Bertz CT molecular complexity index is 1510. The molecule has 0 N–H and O–H groups in total. The van der Waals surface area contributed by atoms with E-state index in [2.05, 4.69) is 19.7 Å². The van der Waals surface area contributed by atoms with Crippen molar-refractivity contribution >= 4 is 30.1 Å². The molecule has 0 bridgehead atoms. The van der Waals surface area contributed by atoms with Crippen molar-refractivity contribution in [3.8, 4) is 28.4 Å². The van der Waals surface area contributed by atoms with E-state index < -0.39 is 23.7 Å². The predicted octanol–water partition coefficient (Wildman–Crippen LogP) is 7.11. The number of hydrogen-bond acceptors (Lipinski definition) is 6. The van der Waals surface area contributed by atoms with Gasteiger partial charge in [0.1, 0.15) is 23.1 Å². The largest absolute Gasteiger partial charge is 0.423 e. The molecule has 3 aromatic rings. The molecule has 0 unspecified atom stereocenters. The average molecular weight is 527 g/mol. The summed E-state index contributed by atoms with van der Waals surface area (Å²) in [5, 5.41) is 0. The Kier molecular flexibility index (Phi) is 9.12. The van der Waals surface area contributed by atoms with Gasteiger partial charge in [-0.1, -0.05) is 56.2 Å². The van der Waals surface area contributed by atoms with Crippen molar-refractivity contribution in [2.45, 2.75) is 20.8 Å². The molecule has 39 heavy (non-hydrogen) atoms. The molecule has 0 aliphatic carbocycles. The topological polar surface area (TPSA) is 78.9 Å². The van der Waals surface area contributed by atoms with Crippen molar-refractivity contribution in [3.05, 3.63) is 114 Å². The molecule has 0 aliphatic rings. The zero-order valence-electron chi connectivity index (χ0n) is 21.9. The Morgan fingerprint density at radius 3 is 1.77 bits per heavy atom. The lowest BCUT2D eigenvalue weighted by molar-refractivity contribution is -0.130. The molecule has 0 amide bonds. The van der Waals surface area contributed by atoms with Crippen LogP contribution in [0, 0.1) is 5.82 Å². The minimum absolute atomic E-state index is 0.0661. The number of ether oxygens (including phenoxy) is 3. The summed E-state index contributed by atoms with van der Waals surface area (Å²) in [4.78, 5) is 35.8. The molecule has 3 rings (SSSR count). The highest BCUT2D eigenvalue weighted by atomic mass is 19.1. The van der Waals surface area contributed by atoms with E-state index in [-0.39, 0.29) is 33.8 Å². The lowest BCUT2D eigenvalue weighted by Crippen LogP contribution is -2.09. The third kappa shape index (κ3) is 7.72. The van der Waals surface area contributed by atoms with Gasteiger partial charge in [-0.05, 0) is 62.2 Å². The average Bonchev–Trinajstić information content (AvgIpc) is 2.88. The zero-order chi connectivity index (χ0) is 28.7. The lowest BCUT2D eigenvalue weighted by atomic mass is 10.0. The van der Waals surface area contributed by atoms with Crippen molar-refractivity contribution in [2.24, 2.45) is 0 Å². The van der Waals surface area contributed by atoms with Gasteiger partial charge in [-0.15, -0.1) is 0 Å². The van der Waals surface area contributed by atoms with Crippen LogP contribution < -0.4 is 14.2 Å². The minimum atomic E-state index is -0.642. The van der Waals surface area contributed by atoms with Crippen LogP contribution >= 0.6 is 0 Å². The molecule has 0 fully saturated rings. The molecule has 7 heteroatoms. The van der Waals surface area contributed by atoms with Gasteiger partial charge < -0.3 is 14.2 Å². The Morgan fingerprint density at radius 2 is 1.21 bits per heavy atom. The fourth-order valence-electron chi connectivity index (χ4n) is 3.14. The van der Waals surface area contributed by atoms with E-state index in [9.17, 15) is 18.8 Å². The molecule has 0 saturated carbocycles. The predicted molar refractivity (Wildman–Crippen MR) is 149 cm³/mol. The molecule has 0 aromatic heterocycles. The number of esters is 3. The number of hydrogen-bond donors (Lipinski definition) is 0. The Labute approximate surface area is 226 Å². The smallest absolute Gasteiger partial charge is 0.338 e. The fraction of sp³-hybridized carbons (Fsp3) is 0.0938. The molecule has 0 saturated heterocycles. The molecule has 6 nitrogen and oxygen atoms in total. The lowest BCUT2D eigenvalue weighted by Gasteiger charge is -2.12. The second-order valence-electron chi connectivity index (χ2n) is 8.81. The molecule has 0 radical (unpaired) electrons. The first kappa shape index (κ1) is 28.5. The Morgan fingerprint density at radius 1 is 0.667 bits per heavy atom. The number of carbonyl (C=O) groups is 3. The van der Waals surface area contributed by atoms with E-state index in [4.69, 9.17) is 14.2 Å². The monoisotopic (exact) mass is 526 g/mol. The summed E-state index contributed by atoms with van der Waals surface area (Å²) in [5.74, 6) is -1.69. The Hall–Kier alpha value is -5.04. The molecule has 198 valence electrons. The molecular formula is C32H27FO6. The van der Waals surface area contributed by atoms with E-state index in [1.165, 1.54) is 26.0 Å². The highest BCUT2D eigenvalue weighted by Crippen LogP contribution is 2.33. The Balaban J connectivity index is 1.89. The van der Waals surface area contributed by atoms with Crippen LogP contribution in [0.15, 0.2) is 97.1 Å². The van der Waals surface area contributed by atoms with E-state index in [0.29, 0.717) is 22.4 Å². The van der Waals surface area contributed by atoms with Crippen LogP contribution in [0.1, 0.15) is 31.9 Å². The number of carbonyl (C=O) groups excluding carboxylic acids is 3. The summed E-state index contributed by atoms with van der Waals surface area (Å²) in [6, 6.07) is 15.9. The normalized spacial score (nSPS) is 10.6. The van der Waals surface area contributed by atoms with Crippen LogP contribution in [0.5, 0.6) is 17.2 Å². The van der Waals surface area contributed by atoms with Crippen LogP contribution in [-0.2, 0) is 14.4 Å². The van der Waals surface area contributed by atoms with E-state index >= 15 is 0 Å². The summed E-state index contributed by atoms with van der Waals surface area (Å²) < 4.78 is 30.5. The van der Waals surface area contributed by atoms with Gasteiger partial charge in [0.15, 0.2) is 0 Å². The zero-order valence-corrected chi connectivity index (χ0v) is 21.9. The molecule has 0 aliphatic heterocycles. The van der Waals surface area contributed by atoms with Gasteiger partial charge in [0.25, 0.3) is 0 Å². The first-order valence-electron chi connectivity index (χ1n) is 11.8. The van der Waals surface area contributed by atoms with Gasteiger partial charge in [0.2, 0.25) is 0 Å². The second kappa shape index (κ2) is 12.5. The standard InChI is InChI=1S/C32H27FO6/c1-19(2)30(34)37-25-13-10-23(11-14-25)27-16-8-22(17-29(27)39-32(36)21(5)6)7-9-24-12-15-26(18-28(24)33)38-31(35)20(3)4/h7-18H,1,3,5H2,2,4,6H3/b9-7+. The maximum atomic E-state index is 14.6. The summed E-state index contributed by atoms with van der Waals surface area (Å²) in [6.45, 7) is 15.3. The summed E-state index contributed by atoms with van der Waals surface area (Å²) in [7, 11) is 0. The molecule has 3 aromatic carbocycles. The second-order valence-corrected chi connectivity index (χ2v) is 8.81. The van der Waals surface area contributed by atoms with Crippen molar-refractivity contribution < 1.29 is 33.0 Å². The third-order valence-corrected chi connectivity index (χ3v) is 5.27. The number of benzene rings is 3. The first-order valence-corrected chi connectivity index (χ1v) is 11.8. The quantitative estimate of drug-likeness (QED) is 0.128. The molecule has 0 spiro atoms.